The van der Waals surface area contributed by atoms with Gasteiger partial charge in [-0.25, -0.2) is 4.79 Å². The van der Waals surface area contributed by atoms with E-state index >= 15 is 0 Å². The van der Waals surface area contributed by atoms with Crippen LogP contribution in [0.1, 0.15) is 13.8 Å². The number of hydrogen-bond acceptors (Lipinski definition) is 6. The van der Waals surface area contributed by atoms with Gasteiger partial charge in [-0.2, -0.15) is 0 Å². The molecule has 1 aromatic rings. The molecule has 0 spiro atoms. The van der Waals surface area contributed by atoms with E-state index in [1.54, 1.807) is 25.1 Å². The Morgan fingerprint density at radius 2 is 1.95 bits per heavy atom. The quantitative estimate of drug-likeness (QED) is 0.561. The van der Waals surface area contributed by atoms with Crippen LogP contribution in [0.5, 0.6) is 5.75 Å². The Balaban J connectivity index is 2.76. The number of rotatable bonds is 8. The molecule has 0 fully saturated rings. The second-order valence-electron chi connectivity index (χ2n) is 4.62. The summed E-state index contributed by atoms with van der Waals surface area (Å²) < 4.78 is 15.1. The predicted molar refractivity (Wildman–Crippen MR) is 83.2 cm³/mol. The third-order valence-electron chi connectivity index (χ3n) is 2.78. The predicted octanol–water partition coefficient (Wildman–Crippen LogP) is 1.64. The Bertz CT molecular complexity index is 519. The topological polar surface area (TPSA) is 85.9 Å². The van der Waals surface area contributed by atoms with E-state index in [9.17, 15) is 9.59 Å². The summed E-state index contributed by atoms with van der Waals surface area (Å²) in [5.74, 6) is -0.0159. The van der Waals surface area contributed by atoms with Crippen molar-refractivity contribution in [3.8, 4) is 5.75 Å². The maximum Gasteiger partial charge on any atom is 0.328 e. The fraction of sp³-hybridized carbons (Fsp3) is 0.467. The van der Waals surface area contributed by atoms with Crippen LogP contribution in [0.3, 0.4) is 0 Å². The maximum atomic E-state index is 11.8. The van der Waals surface area contributed by atoms with Gasteiger partial charge in [0.1, 0.15) is 18.4 Å². The second kappa shape index (κ2) is 8.89. The number of esters is 1. The second-order valence-corrected chi connectivity index (χ2v) is 4.62. The summed E-state index contributed by atoms with van der Waals surface area (Å²) in [6.45, 7) is 3.65. The van der Waals surface area contributed by atoms with Crippen molar-refractivity contribution in [3.63, 3.8) is 0 Å². The molecule has 0 saturated heterocycles. The summed E-state index contributed by atoms with van der Waals surface area (Å²) in [6, 6.07) is 4.54. The fourth-order valence-corrected chi connectivity index (χ4v) is 1.74. The van der Waals surface area contributed by atoms with E-state index in [0.29, 0.717) is 23.7 Å². The molecule has 0 heterocycles. The molecule has 1 atom stereocenters. The molecule has 1 rings (SSSR count). The number of hydrogen-bond donors (Lipinski definition) is 2. The molecule has 0 aliphatic carbocycles. The first-order valence-electron chi connectivity index (χ1n) is 6.85. The number of carbonyl (C=O) groups is 2. The molecule has 0 aromatic heterocycles. The molecule has 1 amide bonds. The van der Waals surface area contributed by atoms with E-state index in [4.69, 9.17) is 14.2 Å². The van der Waals surface area contributed by atoms with Gasteiger partial charge in [-0.15, -0.1) is 0 Å². The average molecular weight is 310 g/mol. The van der Waals surface area contributed by atoms with Crippen LogP contribution in [0.25, 0.3) is 0 Å². The lowest BCUT2D eigenvalue weighted by Crippen LogP contribution is -2.29. The van der Waals surface area contributed by atoms with E-state index in [0.717, 1.165) is 0 Å². The van der Waals surface area contributed by atoms with Crippen molar-refractivity contribution in [1.29, 1.82) is 0 Å². The third-order valence-corrected chi connectivity index (χ3v) is 2.78. The van der Waals surface area contributed by atoms with Gasteiger partial charge in [0.05, 0.1) is 19.4 Å². The van der Waals surface area contributed by atoms with Crippen molar-refractivity contribution in [2.24, 2.45) is 0 Å². The van der Waals surface area contributed by atoms with Gasteiger partial charge in [0.2, 0.25) is 5.91 Å². The van der Waals surface area contributed by atoms with Gasteiger partial charge in [0, 0.05) is 19.7 Å². The number of anilines is 2. The average Bonchev–Trinajstić information content (AvgIpc) is 2.47. The monoisotopic (exact) mass is 310 g/mol. The van der Waals surface area contributed by atoms with Gasteiger partial charge in [-0.05, 0) is 25.1 Å². The zero-order valence-corrected chi connectivity index (χ0v) is 13.3. The summed E-state index contributed by atoms with van der Waals surface area (Å²) in [5.41, 5.74) is 1.20. The maximum absolute atomic E-state index is 11.8. The standard InChI is InChI=1S/C15H22N2O5/c1-10(15(19)22-8-7-20-3)16-13-9-12(17-11(2)18)5-6-14(13)21-4/h5-6,9-10,16H,7-8H2,1-4H3,(H,17,18). The molecule has 7 heteroatoms. The number of nitrogens with one attached hydrogen (secondary N) is 2. The summed E-state index contributed by atoms with van der Waals surface area (Å²) in [7, 11) is 3.06. The minimum absolute atomic E-state index is 0.178. The number of carbonyl (C=O) groups excluding carboxylic acids is 2. The van der Waals surface area contributed by atoms with Crippen molar-refractivity contribution >= 4 is 23.3 Å². The molecule has 0 aliphatic rings. The Morgan fingerprint density at radius 3 is 2.55 bits per heavy atom. The molecule has 1 aromatic carbocycles. The van der Waals surface area contributed by atoms with Crippen LogP contribution in [0.4, 0.5) is 11.4 Å². The van der Waals surface area contributed by atoms with Crippen LogP contribution >= 0.6 is 0 Å². The van der Waals surface area contributed by atoms with Crippen LogP contribution in [0.2, 0.25) is 0 Å². The Hall–Kier alpha value is -2.28. The molecule has 2 N–H and O–H groups in total. The smallest absolute Gasteiger partial charge is 0.328 e. The minimum atomic E-state index is -0.571. The molecular weight excluding hydrogens is 288 g/mol. The van der Waals surface area contributed by atoms with E-state index in [1.165, 1.54) is 21.1 Å². The van der Waals surface area contributed by atoms with E-state index in [2.05, 4.69) is 10.6 Å². The molecule has 7 nitrogen and oxygen atoms in total. The Morgan fingerprint density at radius 1 is 1.23 bits per heavy atom. The number of methoxy groups -OCH3 is 2. The first-order chi connectivity index (χ1) is 10.5. The van der Waals surface area contributed by atoms with Gasteiger partial charge in [0.15, 0.2) is 0 Å². The highest BCUT2D eigenvalue weighted by molar-refractivity contribution is 5.90. The molecule has 0 bridgehead atoms. The van der Waals surface area contributed by atoms with Crippen molar-refractivity contribution in [1.82, 2.24) is 0 Å². The summed E-state index contributed by atoms with van der Waals surface area (Å²) in [6.07, 6.45) is 0. The minimum Gasteiger partial charge on any atom is -0.495 e. The lowest BCUT2D eigenvalue weighted by atomic mass is 10.2. The highest BCUT2D eigenvalue weighted by atomic mass is 16.6. The van der Waals surface area contributed by atoms with E-state index in [1.807, 2.05) is 0 Å². The Labute approximate surface area is 129 Å². The SMILES string of the molecule is COCCOC(=O)C(C)Nc1cc(NC(C)=O)ccc1OC. The van der Waals surface area contributed by atoms with Crippen LogP contribution in [-0.2, 0) is 19.1 Å². The van der Waals surface area contributed by atoms with Gasteiger partial charge >= 0.3 is 5.97 Å². The van der Waals surface area contributed by atoms with E-state index < -0.39 is 12.0 Å². The van der Waals surface area contributed by atoms with Crippen molar-refractivity contribution < 1.29 is 23.8 Å². The van der Waals surface area contributed by atoms with Crippen molar-refractivity contribution in [2.75, 3.05) is 38.1 Å². The zero-order chi connectivity index (χ0) is 16.5. The zero-order valence-electron chi connectivity index (χ0n) is 13.3. The number of ether oxygens (including phenoxy) is 3. The molecule has 1 unspecified atom stereocenters. The van der Waals surface area contributed by atoms with Crippen LogP contribution < -0.4 is 15.4 Å². The van der Waals surface area contributed by atoms with Gasteiger partial charge in [-0.3, -0.25) is 4.79 Å². The number of benzene rings is 1. The largest absolute Gasteiger partial charge is 0.495 e. The molecule has 0 aliphatic heterocycles. The van der Waals surface area contributed by atoms with Gasteiger partial charge in [0.25, 0.3) is 0 Å². The summed E-state index contributed by atoms with van der Waals surface area (Å²) in [5, 5.41) is 5.68. The highest BCUT2D eigenvalue weighted by Gasteiger charge is 2.16. The van der Waals surface area contributed by atoms with Crippen LogP contribution in [-0.4, -0.2) is 45.4 Å². The van der Waals surface area contributed by atoms with Crippen molar-refractivity contribution in [2.45, 2.75) is 19.9 Å². The van der Waals surface area contributed by atoms with Gasteiger partial charge in [-0.1, -0.05) is 0 Å². The van der Waals surface area contributed by atoms with E-state index in [-0.39, 0.29) is 12.5 Å². The Kier molecular flexibility index (Phi) is 7.18. The first-order valence-corrected chi connectivity index (χ1v) is 6.85. The lowest BCUT2D eigenvalue weighted by Gasteiger charge is -2.17. The summed E-state index contributed by atoms with van der Waals surface area (Å²) >= 11 is 0. The highest BCUT2D eigenvalue weighted by Crippen LogP contribution is 2.28. The summed E-state index contributed by atoms with van der Waals surface area (Å²) in [4.78, 5) is 22.9. The van der Waals surface area contributed by atoms with Gasteiger partial charge < -0.3 is 24.8 Å². The fourth-order valence-electron chi connectivity index (χ4n) is 1.74. The molecule has 0 saturated carbocycles. The lowest BCUT2D eigenvalue weighted by molar-refractivity contribution is -0.145. The number of amides is 1. The first kappa shape index (κ1) is 17.8. The van der Waals surface area contributed by atoms with Crippen LogP contribution in [0, 0.1) is 0 Å². The normalized spacial score (nSPS) is 11.5. The molecule has 122 valence electrons. The molecule has 22 heavy (non-hydrogen) atoms. The van der Waals surface area contributed by atoms with Crippen LogP contribution in [0.15, 0.2) is 18.2 Å². The third kappa shape index (κ3) is 5.61. The van der Waals surface area contributed by atoms with Crippen molar-refractivity contribution in [3.05, 3.63) is 18.2 Å². The molecule has 0 radical (unpaired) electrons. The molecular formula is C15H22N2O5.